The lowest BCUT2D eigenvalue weighted by Gasteiger charge is -2.08. The van der Waals surface area contributed by atoms with Crippen LogP contribution >= 0.6 is 22.6 Å². The highest BCUT2D eigenvalue weighted by Gasteiger charge is 2.14. The Balaban J connectivity index is 1.77. The average Bonchev–Trinajstić information content (AvgIpc) is 2.69. The molecule has 0 heterocycles. The van der Waals surface area contributed by atoms with Crippen molar-refractivity contribution in [1.29, 1.82) is 0 Å². The Morgan fingerprint density at radius 1 is 1.04 bits per heavy atom. The molecule has 0 amide bonds. The van der Waals surface area contributed by atoms with Crippen LogP contribution in [-0.4, -0.2) is 26.8 Å². The molecule has 144 valence electrons. The van der Waals surface area contributed by atoms with Gasteiger partial charge in [-0.25, -0.2) is 8.42 Å². The van der Waals surface area contributed by atoms with Crippen molar-refractivity contribution in [3.63, 3.8) is 0 Å². The summed E-state index contributed by atoms with van der Waals surface area (Å²) >= 11 is 2.15. The Morgan fingerprint density at radius 2 is 1.71 bits per heavy atom. The molecule has 0 aliphatic rings. The fraction of sp³-hybridized carbons (Fsp3) is 0.0500. The molecule has 6 nitrogen and oxygen atoms in total. The molecule has 0 aliphatic carbocycles. The first kappa shape index (κ1) is 20.2. The fourth-order valence-corrected chi connectivity index (χ4v) is 3.81. The van der Waals surface area contributed by atoms with Crippen molar-refractivity contribution in [3.05, 3.63) is 75.9 Å². The molecule has 0 spiro atoms. The maximum Gasteiger partial charge on any atom is 0.261 e. The van der Waals surface area contributed by atoms with E-state index in [2.05, 4.69) is 32.3 Å². The van der Waals surface area contributed by atoms with Crippen molar-refractivity contribution in [2.45, 2.75) is 4.90 Å². The molecule has 0 radical (unpaired) electrons. The normalized spacial score (nSPS) is 11.5. The number of rotatable bonds is 6. The second-order valence-electron chi connectivity index (χ2n) is 5.76. The van der Waals surface area contributed by atoms with E-state index in [1.807, 2.05) is 12.1 Å². The molecule has 3 aromatic rings. The van der Waals surface area contributed by atoms with Crippen molar-refractivity contribution >= 4 is 50.2 Å². The predicted octanol–water partition coefficient (Wildman–Crippen LogP) is 4.56. The molecule has 0 aliphatic heterocycles. The van der Waals surface area contributed by atoms with Crippen LogP contribution in [0.4, 0.5) is 11.4 Å². The molecule has 3 aromatic carbocycles. The third-order valence-electron chi connectivity index (χ3n) is 3.85. The number of hydrogen-bond acceptors (Lipinski definition) is 5. The maximum atomic E-state index is 12.5. The third-order valence-corrected chi connectivity index (χ3v) is 5.96. The lowest BCUT2D eigenvalue weighted by Crippen LogP contribution is -2.12. The minimum absolute atomic E-state index is 0.00494. The van der Waals surface area contributed by atoms with Gasteiger partial charge in [0.2, 0.25) is 0 Å². The molecule has 0 aromatic heterocycles. The van der Waals surface area contributed by atoms with Gasteiger partial charge >= 0.3 is 0 Å². The largest absolute Gasteiger partial charge is 0.504 e. The van der Waals surface area contributed by atoms with E-state index in [1.165, 1.54) is 25.5 Å². The summed E-state index contributed by atoms with van der Waals surface area (Å²) in [6.45, 7) is 0. The van der Waals surface area contributed by atoms with Gasteiger partial charge in [-0.1, -0.05) is 6.07 Å². The van der Waals surface area contributed by atoms with Crippen LogP contribution in [0.5, 0.6) is 11.5 Å². The minimum atomic E-state index is -3.69. The quantitative estimate of drug-likeness (QED) is 0.378. The number of halogens is 1. The Kier molecular flexibility index (Phi) is 6.20. The molecule has 0 saturated heterocycles. The third kappa shape index (κ3) is 4.82. The number of methoxy groups -OCH3 is 1. The lowest BCUT2D eigenvalue weighted by atomic mass is 10.2. The number of aliphatic imine (C=N–C) groups is 1. The number of benzene rings is 3. The number of anilines is 1. The number of nitrogens with zero attached hydrogens (tertiary/aromatic N) is 1. The molecule has 28 heavy (non-hydrogen) atoms. The minimum Gasteiger partial charge on any atom is -0.504 e. The number of phenols is 1. The number of hydrogen-bond donors (Lipinski definition) is 2. The van der Waals surface area contributed by atoms with Gasteiger partial charge in [-0.2, -0.15) is 0 Å². The SMILES string of the molecule is COc1cccc(C=Nc2ccc(S(=O)(=O)Nc3ccc(I)cc3)cc2)c1O. The van der Waals surface area contributed by atoms with Crippen LogP contribution in [0.15, 0.2) is 76.6 Å². The zero-order chi connectivity index (χ0) is 20.1. The Bertz CT molecular complexity index is 1100. The molecule has 0 atom stereocenters. The van der Waals surface area contributed by atoms with E-state index in [0.29, 0.717) is 22.7 Å². The molecular formula is C20H17IN2O4S. The highest BCUT2D eigenvalue weighted by molar-refractivity contribution is 14.1. The number of nitrogens with one attached hydrogen (secondary N) is 1. The number of ether oxygens (including phenoxy) is 1. The fourth-order valence-electron chi connectivity index (χ4n) is 2.40. The summed E-state index contributed by atoms with van der Waals surface area (Å²) in [6.07, 6.45) is 1.49. The van der Waals surface area contributed by atoms with Gasteiger partial charge in [-0.15, -0.1) is 0 Å². The first-order chi connectivity index (χ1) is 13.4. The Labute approximate surface area is 177 Å². The molecule has 8 heteroatoms. The van der Waals surface area contributed by atoms with E-state index in [4.69, 9.17) is 4.74 Å². The summed E-state index contributed by atoms with van der Waals surface area (Å²) in [5.41, 5.74) is 1.54. The standard InChI is InChI=1S/C20H17IN2O4S/c1-27-19-4-2-3-14(20(19)24)13-22-16-9-11-18(12-10-16)28(25,26)23-17-7-5-15(21)6-8-17/h2-13,23-24H,1H3. The van der Waals surface area contributed by atoms with Gasteiger partial charge < -0.3 is 9.84 Å². The second-order valence-corrected chi connectivity index (χ2v) is 8.69. The smallest absolute Gasteiger partial charge is 0.261 e. The first-order valence-corrected chi connectivity index (χ1v) is 10.7. The lowest BCUT2D eigenvalue weighted by molar-refractivity contribution is 0.373. The predicted molar refractivity (Wildman–Crippen MR) is 118 cm³/mol. The van der Waals surface area contributed by atoms with E-state index in [0.717, 1.165) is 3.57 Å². The van der Waals surface area contributed by atoms with E-state index < -0.39 is 10.0 Å². The molecule has 0 unspecified atom stereocenters. The van der Waals surface area contributed by atoms with Crippen LogP contribution in [0.2, 0.25) is 0 Å². The summed E-state index contributed by atoms with van der Waals surface area (Å²) in [5, 5.41) is 10.1. The van der Waals surface area contributed by atoms with Crippen molar-refractivity contribution < 1.29 is 18.3 Å². The maximum absolute atomic E-state index is 12.5. The van der Waals surface area contributed by atoms with Crippen molar-refractivity contribution in [1.82, 2.24) is 0 Å². The number of aromatic hydroxyl groups is 1. The molecule has 0 saturated carbocycles. The van der Waals surface area contributed by atoms with Crippen LogP contribution in [0.1, 0.15) is 5.56 Å². The Hall–Kier alpha value is -2.59. The molecule has 3 rings (SSSR count). The van der Waals surface area contributed by atoms with Gasteiger partial charge in [0.05, 0.1) is 17.7 Å². The van der Waals surface area contributed by atoms with Crippen LogP contribution in [0.3, 0.4) is 0 Å². The van der Waals surface area contributed by atoms with Crippen LogP contribution in [0.25, 0.3) is 0 Å². The summed E-state index contributed by atoms with van der Waals surface area (Å²) in [6, 6.07) is 18.3. The van der Waals surface area contributed by atoms with E-state index in [1.54, 1.807) is 42.5 Å². The summed E-state index contributed by atoms with van der Waals surface area (Å²) in [4.78, 5) is 4.41. The van der Waals surface area contributed by atoms with E-state index in [-0.39, 0.29) is 10.6 Å². The molecular weight excluding hydrogens is 491 g/mol. The van der Waals surface area contributed by atoms with Gasteiger partial charge in [-0.05, 0) is 83.3 Å². The summed E-state index contributed by atoms with van der Waals surface area (Å²) in [5.74, 6) is 0.349. The van der Waals surface area contributed by atoms with E-state index in [9.17, 15) is 13.5 Å². The monoisotopic (exact) mass is 508 g/mol. The van der Waals surface area contributed by atoms with Crippen LogP contribution in [-0.2, 0) is 10.0 Å². The van der Waals surface area contributed by atoms with Gasteiger partial charge in [0.15, 0.2) is 11.5 Å². The van der Waals surface area contributed by atoms with Gasteiger partial charge in [0.25, 0.3) is 10.0 Å². The summed E-state index contributed by atoms with van der Waals surface area (Å²) in [7, 11) is -2.21. The van der Waals surface area contributed by atoms with Crippen LogP contribution < -0.4 is 9.46 Å². The molecule has 0 bridgehead atoms. The topological polar surface area (TPSA) is 88.0 Å². The first-order valence-electron chi connectivity index (χ1n) is 8.17. The zero-order valence-corrected chi connectivity index (χ0v) is 17.8. The number of para-hydroxylation sites is 1. The molecule has 0 fully saturated rings. The average molecular weight is 508 g/mol. The highest BCUT2D eigenvalue weighted by Crippen LogP contribution is 2.28. The van der Waals surface area contributed by atoms with E-state index >= 15 is 0 Å². The van der Waals surface area contributed by atoms with Crippen LogP contribution in [0, 0.1) is 3.57 Å². The molecule has 2 N–H and O–H groups in total. The number of phenolic OH excluding ortho intramolecular Hbond substituents is 1. The van der Waals surface area contributed by atoms with Gasteiger partial charge in [-0.3, -0.25) is 9.71 Å². The van der Waals surface area contributed by atoms with Gasteiger partial charge in [0, 0.05) is 21.0 Å². The van der Waals surface area contributed by atoms with Crippen molar-refractivity contribution in [2.24, 2.45) is 4.99 Å². The van der Waals surface area contributed by atoms with Crippen molar-refractivity contribution in [2.75, 3.05) is 11.8 Å². The highest BCUT2D eigenvalue weighted by atomic mass is 127. The van der Waals surface area contributed by atoms with Gasteiger partial charge in [0.1, 0.15) is 0 Å². The number of sulfonamides is 1. The zero-order valence-electron chi connectivity index (χ0n) is 14.8. The van der Waals surface area contributed by atoms with Crippen molar-refractivity contribution in [3.8, 4) is 11.5 Å². The second kappa shape index (κ2) is 8.61. The summed E-state index contributed by atoms with van der Waals surface area (Å²) < 4.78 is 33.6. The Morgan fingerprint density at radius 3 is 2.36 bits per heavy atom.